The van der Waals surface area contributed by atoms with Gasteiger partial charge >= 0.3 is 0 Å². The lowest BCUT2D eigenvalue weighted by molar-refractivity contribution is 0.0938. The number of aryl methyl sites for hydroxylation is 2. The molecule has 0 radical (unpaired) electrons. The predicted molar refractivity (Wildman–Crippen MR) is 86.7 cm³/mol. The Labute approximate surface area is 129 Å². The zero-order chi connectivity index (χ0) is 14.8. The Bertz CT molecular complexity index is 639. The van der Waals surface area contributed by atoms with Crippen LogP contribution >= 0.6 is 11.3 Å². The molecule has 0 atom stereocenters. The van der Waals surface area contributed by atoms with E-state index in [9.17, 15) is 4.79 Å². The highest BCUT2D eigenvalue weighted by atomic mass is 32.1. The van der Waals surface area contributed by atoms with Crippen molar-refractivity contribution in [2.24, 2.45) is 0 Å². The molecule has 0 bridgehead atoms. The second-order valence-corrected chi connectivity index (χ2v) is 6.88. The van der Waals surface area contributed by atoms with Crippen LogP contribution in [0.1, 0.15) is 46.7 Å². The van der Waals surface area contributed by atoms with Crippen LogP contribution in [-0.4, -0.2) is 16.9 Å². The molecule has 1 saturated carbocycles. The quantitative estimate of drug-likeness (QED) is 0.927. The Kier molecular flexibility index (Phi) is 4.06. The lowest BCUT2D eigenvalue weighted by Gasteiger charge is -2.12. The molecule has 1 aromatic carbocycles. The van der Waals surface area contributed by atoms with Crippen molar-refractivity contribution in [2.45, 2.75) is 45.6 Å². The molecule has 0 unspecified atom stereocenters. The number of hydrogen-bond donors (Lipinski definition) is 1. The smallest absolute Gasteiger partial charge is 0.251 e. The van der Waals surface area contributed by atoms with E-state index >= 15 is 0 Å². The molecule has 1 amide bonds. The SMILES string of the molecule is Cc1nc(C)c(-c2ccc(C(=O)NC3CCCC3)cc2)s1. The maximum absolute atomic E-state index is 12.2. The summed E-state index contributed by atoms with van der Waals surface area (Å²) in [6.45, 7) is 4.05. The minimum atomic E-state index is 0.0469. The highest BCUT2D eigenvalue weighted by Crippen LogP contribution is 2.29. The van der Waals surface area contributed by atoms with E-state index in [0.717, 1.165) is 34.7 Å². The lowest BCUT2D eigenvalue weighted by Crippen LogP contribution is -2.32. The van der Waals surface area contributed by atoms with E-state index in [2.05, 4.69) is 10.3 Å². The van der Waals surface area contributed by atoms with Crippen molar-refractivity contribution < 1.29 is 4.79 Å². The van der Waals surface area contributed by atoms with E-state index in [-0.39, 0.29) is 5.91 Å². The van der Waals surface area contributed by atoms with Crippen molar-refractivity contribution in [2.75, 3.05) is 0 Å². The van der Waals surface area contributed by atoms with E-state index in [1.165, 1.54) is 17.7 Å². The van der Waals surface area contributed by atoms with Crippen molar-refractivity contribution >= 4 is 17.2 Å². The standard InChI is InChI=1S/C17H20N2OS/c1-11-16(21-12(2)18-11)13-7-9-14(10-8-13)17(20)19-15-5-3-4-6-15/h7-10,15H,3-6H2,1-2H3,(H,19,20). The molecule has 3 rings (SSSR count). The number of carbonyl (C=O) groups is 1. The first kappa shape index (κ1) is 14.3. The molecule has 1 fully saturated rings. The zero-order valence-corrected chi connectivity index (χ0v) is 13.3. The molecule has 4 heteroatoms. The Balaban J connectivity index is 1.74. The van der Waals surface area contributed by atoms with E-state index in [0.29, 0.717) is 6.04 Å². The molecule has 1 aliphatic rings. The van der Waals surface area contributed by atoms with E-state index in [4.69, 9.17) is 0 Å². The second kappa shape index (κ2) is 5.98. The fourth-order valence-corrected chi connectivity index (χ4v) is 3.84. The number of aromatic nitrogens is 1. The average Bonchev–Trinajstić information content (AvgIpc) is 3.08. The molecule has 1 N–H and O–H groups in total. The number of amides is 1. The molecule has 21 heavy (non-hydrogen) atoms. The first-order valence-corrected chi connectivity index (χ1v) is 8.30. The van der Waals surface area contributed by atoms with Crippen LogP contribution in [0.3, 0.4) is 0 Å². The van der Waals surface area contributed by atoms with Gasteiger partial charge in [-0.2, -0.15) is 0 Å². The molecule has 2 aromatic rings. The Morgan fingerprint density at radius 1 is 1.19 bits per heavy atom. The fraction of sp³-hybridized carbons (Fsp3) is 0.412. The monoisotopic (exact) mass is 300 g/mol. The minimum absolute atomic E-state index is 0.0469. The van der Waals surface area contributed by atoms with Crippen LogP contribution in [0, 0.1) is 13.8 Å². The average molecular weight is 300 g/mol. The third kappa shape index (κ3) is 3.16. The van der Waals surface area contributed by atoms with Gasteiger partial charge in [0.05, 0.1) is 15.6 Å². The summed E-state index contributed by atoms with van der Waals surface area (Å²) in [5.41, 5.74) is 2.93. The number of nitrogens with zero attached hydrogens (tertiary/aromatic N) is 1. The van der Waals surface area contributed by atoms with Crippen molar-refractivity contribution in [3.05, 3.63) is 40.5 Å². The minimum Gasteiger partial charge on any atom is -0.349 e. The summed E-state index contributed by atoms with van der Waals surface area (Å²) < 4.78 is 0. The summed E-state index contributed by atoms with van der Waals surface area (Å²) in [6, 6.07) is 8.22. The molecule has 1 heterocycles. The van der Waals surface area contributed by atoms with Gasteiger partial charge in [-0.05, 0) is 44.4 Å². The predicted octanol–water partition coefficient (Wildman–Crippen LogP) is 4.10. The van der Waals surface area contributed by atoms with Crippen LogP contribution in [0.25, 0.3) is 10.4 Å². The normalized spacial score (nSPS) is 15.3. The molecule has 0 aliphatic heterocycles. The largest absolute Gasteiger partial charge is 0.349 e. The van der Waals surface area contributed by atoms with Crippen molar-refractivity contribution in [3.8, 4) is 10.4 Å². The van der Waals surface area contributed by atoms with E-state index < -0.39 is 0 Å². The topological polar surface area (TPSA) is 42.0 Å². The van der Waals surface area contributed by atoms with Gasteiger partial charge in [0.25, 0.3) is 5.91 Å². The number of hydrogen-bond acceptors (Lipinski definition) is 3. The zero-order valence-electron chi connectivity index (χ0n) is 12.5. The maximum Gasteiger partial charge on any atom is 0.251 e. The molecule has 0 spiro atoms. The third-order valence-electron chi connectivity index (χ3n) is 4.00. The second-order valence-electron chi connectivity index (χ2n) is 5.68. The Morgan fingerprint density at radius 3 is 2.43 bits per heavy atom. The van der Waals surface area contributed by atoms with Gasteiger partial charge in [-0.3, -0.25) is 4.79 Å². The molecule has 1 aromatic heterocycles. The van der Waals surface area contributed by atoms with Crippen LogP contribution in [0.5, 0.6) is 0 Å². The van der Waals surface area contributed by atoms with Gasteiger partial charge in [0.1, 0.15) is 0 Å². The van der Waals surface area contributed by atoms with Crippen LogP contribution in [0.15, 0.2) is 24.3 Å². The molecule has 1 aliphatic carbocycles. The van der Waals surface area contributed by atoms with Crippen LogP contribution in [-0.2, 0) is 0 Å². The molecule has 110 valence electrons. The van der Waals surface area contributed by atoms with E-state index in [1.807, 2.05) is 38.1 Å². The number of thiazole rings is 1. The van der Waals surface area contributed by atoms with Gasteiger partial charge in [0, 0.05) is 11.6 Å². The molecule has 0 saturated heterocycles. The first-order chi connectivity index (χ1) is 10.1. The van der Waals surface area contributed by atoms with Gasteiger partial charge in [0.15, 0.2) is 0 Å². The highest BCUT2D eigenvalue weighted by molar-refractivity contribution is 7.15. The maximum atomic E-state index is 12.2. The van der Waals surface area contributed by atoms with Gasteiger partial charge in [-0.1, -0.05) is 25.0 Å². The Hall–Kier alpha value is -1.68. The van der Waals surface area contributed by atoms with Gasteiger partial charge in [-0.25, -0.2) is 4.98 Å². The van der Waals surface area contributed by atoms with Gasteiger partial charge in [0.2, 0.25) is 0 Å². The Morgan fingerprint density at radius 2 is 1.86 bits per heavy atom. The van der Waals surface area contributed by atoms with Crippen molar-refractivity contribution in [1.29, 1.82) is 0 Å². The van der Waals surface area contributed by atoms with Crippen molar-refractivity contribution in [3.63, 3.8) is 0 Å². The lowest BCUT2D eigenvalue weighted by atomic mass is 10.1. The molecule has 3 nitrogen and oxygen atoms in total. The number of nitrogens with one attached hydrogen (secondary N) is 1. The van der Waals surface area contributed by atoms with Crippen LogP contribution < -0.4 is 5.32 Å². The first-order valence-electron chi connectivity index (χ1n) is 7.49. The fourth-order valence-electron chi connectivity index (χ4n) is 2.91. The molecular weight excluding hydrogens is 280 g/mol. The summed E-state index contributed by atoms with van der Waals surface area (Å²) in [5, 5.41) is 4.20. The molecular formula is C17H20N2OS. The third-order valence-corrected chi connectivity index (χ3v) is 5.13. The number of rotatable bonds is 3. The highest BCUT2D eigenvalue weighted by Gasteiger charge is 2.18. The van der Waals surface area contributed by atoms with Gasteiger partial charge < -0.3 is 5.32 Å². The number of benzene rings is 1. The summed E-state index contributed by atoms with van der Waals surface area (Å²) in [4.78, 5) is 17.8. The number of carbonyl (C=O) groups excluding carboxylic acids is 1. The van der Waals surface area contributed by atoms with Crippen molar-refractivity contribution in [1.82, 2.24) is 10.3 Å². The van der Waals surface area contributed by atoms with Crippen LogP contribution in [0.4, 0.5) is 0 Å². The van der Waals surface area contributed by atoms with E-state index in [1.54, 1.807) is 11.3 Å². The van der Waals surface area contributed by atoms with Crippen LogP contribution in [0.2, 0.25) is 0 Å². The summed E-state index contributed by atoms with van der Waals surface area (Å²) >= 11 is 1.70. The van der Waals surface area contributed by atoms with Gasteiger partial charge in [-0.15, -0.1) is 11.3 Å². The summed E-state index contributed by atoms with van der Waals surface area (Å²) in [6.07, 6.45) is 4.69. The summed E-state index contributed by atoms with van der Waals surface area (Å²) in [7, 11) is 0. The summed E-state index contributed by atoms with van der Waals surface area (Å²) in [5.74, 6) is 0.0469.